The maximum Gasteiger partial charge on any atom is 0.261 e. The Morgan fingerprint density at radius 1 is 1.13 bits per heavy atom. The Morgan fingerprint density at radius 3 is 2.57 bits per heavy atom. The number of benzene rings is 2. The maximum absolute atomic E-state index is 13.1. The molecule has 0 spiro atoms. The van der Waals surface area contributed by atoms with Crippen LogP contribution in [0.25, 0.3) is 0 Å². The van der Waals surface area contributed by atoms with Crippen LogP contribution in [0.2, 0.25) is 5.02 Å². The average Bonchev–Trinajstić information content (AvgIpc) is 2.76. The third-order valence-electron chi connectivity index (χ3n) is 4.61. The number of hydrogen-bond acceptors (Lipinski definition) is 4. The molecular weight excluding hydrogens is 404 g/mol. The van der Waals surface area contributed by atoms with Crippen molar-refractivity contribution in [3.05, 3.63) is 59.1 Å². The van der Waals surface area contributed by atoms with Crippen molar-refractivity contribution in [3.8, 4) is 11.5 Å². The summed E-state index contributed by atoms with van der Waals surface area (Å²) in [5.41, 5.74) is 0.863. The number of carbonyl (C=O) groups is 2. The van der Waals surface area contributed by atoms with E-state index >= 15 is 0 Å². The SMILES string of the molecule is CCCNC(=O)[C@H](CC)N(Cc1cccc(OC)c1)C(=O)COc1ccccc1Cl. The standard InChI is InChI=1S/C23H29ClN2O4/c1-4-13-25-23(28)20(5-2)26(15-17-9-8-10-18(14-17)29-3)22(27)16-30-21-12-7-6-11-19(21)24/h6-12,14,20H,4-5,13,15-16H2,1-3H3,(H,25,28)/t20-/m0/s1. The van der Waals surface area contributed by atoms with E-state index in [1.54, 1.807) is 36.3 Å². The van der Waals surface area contributed by atoms with E-state index in [0.717, 1.165) is 12.0 Å². The number of rotatable bonds is 11. The average molecular weight is 433 g/mol. The molecule has 0 bridgehead atoms. The molecule has 2 amide bonds. The topological polar surface area (TPSA) is 67.9 Å². The van der Waals surface area contributed by atoms with E-state index in [1.165, 1.54) is 0 Å². The molecule has 0 aliphatic carbocycles. The summed E-state index contributed by atoms with van der Waals surface area (Å²) in [7, 11) is 1.59. The molecule has 2 aromatic carbocycles. The lowest BCUT2D eigenvalue weighted by atomic mass is 10.1. The molecule has 0 unspecified atom stereocenters. The van der Waals surface area contributed by atoms with Crippen LogP contribution >= 0.6 is 11.6 Å². The number of hydrogen-bond donors (Lipinski definition) is 1. The minimum absolute atomic E-state index is 0.173. The first-order chi connectivity index (χ1) is 14.5. The van der Waals surface area contributed by atoms with Gasteiger partial charge in [0.2, 0.25) is 5.91 Å². The maximum atomic E-state index is 13.1. The van der Waals surface area contributed by atoms with Gasteiger partial charge in [0, 0.05) is 13.1 Å². The van der Waals surface area contributed by atoms with Gasteiger partial charge in [0.05, 0.1) is 12.1 Å². The van der Waals surface area contributed by atoms with Crippen LogP contribution in [0.15, 0.2) is 48.5 Å². The van der Waals surface area contributed by atoms with Gasteiger partial charge in [-0.25, -0.2) is 0 Å². The van der Waals surface area contributed by atoms with Gasteiger partial charge in [-0.05, 0) is 42.7 Å². The third-order valence-corrected chi connectivity index (χ3v) is 4.92. The predicted octanol–water partition coefficient (Wildman–Crippen LogP) is 4.06. The van der Waals surface area contributed by atoms with Crippen LogP contribution in [-0.4, -0.2) is 43.0 Å². The molecule has 162 valence electrons. The number of ether oxygens (including phenoxy) is 2. The second kappa shape index (κ2) is 12.1. The Kier molecular flexibility index (Phi) is 9.48. The highest BCUT2D eigenvalue weighted by molar-refractivity contribution is 6.32. The van der Waals surface area contributed by atoms with Gasteiger partial charge in [-0.3, -0.25) is 9.59 Å². The highest BCUT2D eigenvalue weighted by atomic mass is 35.5. The van der Waals surface area contributed by atoms with Crippen LogP contribution in [0.5, 0.6) is 11.5 Å². The quantitative estimate of drug-likeness (QED) is 0.581. The minimum atomic E-state index is -0.606. The van der Waals surface area contributed by atoms with Crippen LogP contribution in [0.1, 0.15) is 32.3 Å². The largest absolute Gasteiger partial charge is 0.497 e. The van der Waals surface area contributed by atoms with Crippen molar-refractivity contribution >= 4 is 23.4 Å². The Balaban J connectivity index is 2.22. The van der Waals surface area contributed by atoms with Crippen LogP contribution in [-0.2, 0) is 16.1 Å². The van der Waals surface area contributed by atoms with Gasteiger partial charge in [0.25, 0.3) is 5.91 Å². The molecule has 0 heterocycles. The summed E-state index contributed by atoms with van der Waals surface area (Å²) in [6.45, 7) is 4.48. The van der Waals surface area contributed by atoms with Gasteiger partial charge >= 0.3 is 0 Å². The normalized spacial score (nSPS) is 11.5. The molecule has 1 N–H and O–H groups in total. The van der Waals surface area contributed by atoms with Crippen LogP contribution < -0.4 is 14.8 Å². The molecular formula is C23H29ClN2O4. The number of amides is 2. The van der Waals surface area contributed by atoms with Gasteiger partial charge < -0.3 is 19.7 Å². The lowest BCUT2D eigenvalue weighted by Gasteiger charge is -2.30. The second-order valence-electron chi connectivity index (χ2n) is 6.81. The van der Waals surface area contributed by atoms with Crippen molar-refractivity contribution in [2.45, 2.75) is 39.3 Å². The molecule has 1 atom stereocenters. The first-order valence-corrected chi connectivity index (χ1v) is 10.4. The zero-order valence-electron chi connectivity index (χ0n) is 17.7. The van der Waals surface area contributed by atoms with Crippen LogP contribution in [0.4, 0.5) is 0 Å². The predicted molar refractivity (Wildman–Crippen MR) is 118 cm³/mol. The van der Waals surface area contributed by atoms with Crippen molar-refractivity contribution in [2.24, 2.45) is 0 Å². The molecule has 0 radical (unpaired) electrons. The van der Waals surface area contributed by atoms with Crippen molar-refractivity contribution in [2.75, 3.05) is 20.3 Å². The fraction of sp³-hybridized carbons (Fsp3) is 0.391. The summed E-state index contributed by atoms with van der Waals surface area (Å²) in [5, 5.41) is 3.32. The zero-order valence-corrected chi connectivity index (χ0v) is 18.4. The number of nitrogens with one attached hydrogen (secondary N) is 1. The van der Waals surface area contributed by atoms with Crippen LogP contribution in [0, 0.1) is 0 Å². The first-order valence-electron chi connectivity index (χ1n) is 10.1. The molecule has 0 aliphatic rings. The number of para-hydroxylation sites is 1. The van der Waals surface area contributed by atoms with Crippen LogP contribution in [0.3, 0.4) is 0 Å². The lowest BCUT2D eigenvalue weighted by Crippen LogP contribution is -2.50. The molecule has 30 heavy (non-hydrogen) atoms. The van der Waals surface area contributed by atoms with Crippen molar-refractivity contribution in [3.63, 3.8) is 0 Å². The summed E-state index contributed by atoms with van der Waals surface area (Å²) < 4.78 is 10.9. The molecule has 0 aliphatic heterocycles. The van der Waals surface area contributed by atoms with E-state index in [4.69, 9.17) is 21.1 Å². The monoisotopic (exact) mass is 432 g/mol. The number of methoxy groups -OCH3 is 1. The first kappa shape index (κ1) is 23.5. The third kappa shape index (κ3) is 6.66. The van der Waals surface area contributed by atoms with E-state index < -0.39 is 6.04 Å². The van der Waals surface area contributed by atoms with Crippen molar-refractivity contribution < 1.29 is 19.1 Å². The van der Waals surface area contributed by atoms with Gasteiger partial charge in [-0.15, -0.1) is 0 Å². The Hall–Kier alpha value is -2.73. The number of halogens is 1. The highest BCUT2D eigenvalue weighted by Gasteiger charge is 2.29. The lowest BCUT2D eigenvalue weighted by molar-refractivity contribution is -0.143. The second-order valence-corrected chi connectivity index (χ2v) is 7.21. The van der Waals surface area contributed by atoms with E-state index in [9.17, 15) is 9.59 Å². The van der Waals surface area contributed by atoms with Crippen molar-refractivity contribution in [1.29, 1.82) is 0 Å². The number of carbonyl (C=O) groups excluding carboxylic acids is 2. The molecule has 0 saturated carbocycles. The Morgan fingerprint density at radius 2 is 1.90 bits per heavy atom. The van der Waals surface area contributed by atoms with E-state index in [0.29, 0.717) is 29.5 Å². The summed E-state index contributed by atoms with van der Waals surface area (Å²) >= 11 is 6.12. The summed E-state index contributed by atoms with van der Waals surface area (Å²) in [6.07, 6.45) is 1.30. The zero-order chi connectivity index (χ0) is 21.9. The van der Waals surface area contributed by atoms with Crippen molar-refractivity contribution in [1.82, 2.24) is 10.2 Å². The number of nitrogens with zero attached hydrogens (tertiary/aromatic N) is 1. The fourth-order valence-electron chi connectivity index (χ4n) is 3.04. The summed E-state index contributed by atoms with van der Waals surface area (Å²) in [5.74, 6) is 0.651. The summed E-state index contributed by atoms with van der Waals surface area (Å²) in [6, 6.07) is 13.8. The van der Waals surface area contributed by atoms with Gasteiger partial charge in [-0.2, -0.15) is 0 Å². The molecule has 0 aromatic heterocycles. The molecule has 2 aromatic rings. The molecule has 2 rings (SSSR count). The highest BCUT2D eigenvalue weighted by Crippen LogP contribution is 2.23. The Labute approximate surface area is 183 Å². The summed E-state index contributed by atoms with van der Waals surface area (Å²) in [4.78, 5) is 27.4. The molecule has 0 fully saturated rings. The van der Waals surface area contributed by atoms with E-state index in [2.05, 4.69) is 5.32 Å². The van der Waals surface area contributed by atoms with E-state index in [-0.39, 0.29) is 25.0 Å². The fourth-order valence-corrected chi connectivity index (χ4v) is 3.23. The molecule has 0 saturated heterocycles. The smallest absolute Gasteiger partial charge is 0.261 e. The molecule has 6 nitrogen and oxygen atoms in total. The van der Waals surface area contributed by atoms with Gasteiger partial charge in [0.1, 0.15) is 17.5 Å². The van der Waals surface area contributed by atoms with Gasteiger partial charge in [-0.1, -0.05) is 49.7 Å². The Bertz CT molecular complexity index is 843. The van der Waals surface area contributed by atoms with Gasteiger partial charge in [0.15, 0.2) is 6.61 Å². The van der Waals surface area contributed by atoms with E-state index in [1.807, 2.05) is 38.1 Å². The molecule has 7 heteroatoms. The minimum Gasteiger partial charge on any atom is -0.497 e.